The van der Waals surface area contributed by atoms with Crippen LogP contribution in [0.25, 0.3) is 5.69 Å². The zero-order valence-corrected chi connectivity index (χ0v) is 23.5. The summed E-state index contributed by atoms with van der Waals surface area (Å²) in [5.74, 6) is -1.83. The number of nitrogens with zero attached hydrogens (tertiary/aromatic N) is 3. The fourth-order valence-electron chi connectivity index (χ4n) is 4.45. The number of ether oxygens (including phenoxy) is 2. The molecule has 0 aliphatic rings. The number of carboxylic acid groups (broad SMARTS) is 1. The van der Waals surface area contributed by atoms with Crippen molar-refractivity contribution >= 4 is 17.5 Å². The predicted molar refractivity (Wildman–Crippen MR) is 156 cm³/mol. The number of rotatable bonds is 12. The van der Waals surface area contributed by atoms with Crippen molar-refractivity contribution in [2.24, 2.45) is 5.73 Å². The second-order valence-electron chi connectivity index (χ2n) is 9.84. The monoisotopic (exact) mass is 577 g/mol. The Kier molecular flexibility index (Phi) is 8.91. The van der Waals surface area contributed by atoms with E-state index in [0.717, 1.165) is 4.68 Å². The molecule has 0 radical (unpaired) electrons. The Bertz CT molecular complexity index is 1650. The summed E-state index contributed by atoms with van der Waals surface area (Å²) in [6, 6.07) is 14.2. The average molecular weight is 578 g/mol. The van der Waals surface area contributed by atoms with Gasteiger partial charge in [-0.25, -0.2) is 14.0 Å². The standard InChI is InChI=1S/C29H32FN7O5/c1-16(15-36(2)3)42-23-14-19(41-4)13-21(24(23)30)25(33-18-11-9-17(10-12-18)26(31)32)27-34-29(40)37(35-27)22-8-6-5-7-20(22)28(38)39/h5-14,16,25,33H,15H2,1-4H3,(H3,31,32)(H,38,39)(H,34,35,40). The molecule has 0 spiro atoms. The first kappa shape index (κ1) is 29.8. The number of aromatic nitrogens is 3. The van der Waals surface area contributed by atoms with E-state index >= 15 is 4.39 Å². The number of hydrogen-bond acceptors (Lipinski definition) is 8. The number of hydrogen-bond donors (Lipinski definition) is 5. The van der Waals surface area contributed by atoms with Crippen LogP contribution < -0.4 is 26.2 Å². The van der Waals surface area contributed by atoms with Gasteiger partial charge in [0.25, 0.3) is 0 Å². The first-order chi connectivity index (χ1) is 20.0. The van der Waals surface area contributed by atoms with Crippen LogP contribution in [0.4, 0.5) is 10.1 Å². The van der Waals surface area contributed by atoms with Crippen molar-refractivity contribution in [3.05, 3.63) is 99.5 Å². The third kappa shape index (κ3) is 6.58. The molecule has 0 saturated carbocycles. The summed E-state index contributed by atoms with van der Waals surface area (Å²) in [4.78, 5) is 29.5. The van der Waals surface area contributed by atoms with E-state index in [4.69, 9.17) is 20.6 Å². The van der Waals surface area contributed by atoms with Gasteiger partial charge in [-0.1, -0.05) is 12.1 Å². The van der Waals surface area contributed by atoms with E-state index in [1.165, 1.54) is 37.4 Å². The normalized spacial score (nSPS) is 12.5. The number of anilines is 1. The van der Waals surface area contributed by atoms with Crippen LogP contribution in [-0.4, -0.2) is 70.4 Å². The van der Waals surface area contributed by atoms with Gasteiger partial charge in [0, 0.05) is 29.4 Å². The summed E-state index contributed by atoms with van der Waals surface area (Å²) in [6.07, 6.45) is -0.369. The molecule has 6 N–H and O–H groups in total. The Hall–Kier alpha value is -5.17. The van der Waals surface area contributed by atoms with E-state index in [0.29, 0.717) is 23.5 Å². The van der Waals surface area contributed by atoms with E-state index in [9.17, 15) is 14.7 Å². The van der Waals surface area contributed by atoms with Gasteiger partial charge in [-0.3, -0.25) is 10.4 Å². The number of halogens is 1. The molecule has 0 saturated heterocycles. The molecule has 13 heteroatoms. The summed E-state index contributed by atoms with van der Waals surface area (Å²) < 4.78 is 28.5. The lowest BCUT2D eigenvalue weighted by molar-refractivity contribution is 0.0696. The second kappa shape index (κ2) is 12.6. The van der Waals surface area contributed by atoms with E-state index in [1.807, 2.05) is 25.9 Å². The molecule has 1 aromatic heterocycles. The van der Waals surface area contributed by atoms with E-state index < -0.39 is 23.5 Å². The first-order valence-corrected chi connectivity index (χ1v) is 12.9. The number of amidine groups is 1. The number of benzene rings is 3. The number of nitrogens with one attached hydrogen (secondary N) is 3. The summed E-state index contributed by atoms with van der Waals surface area (Å²) in [6.45, 7) is 2.33. The molecule has 12 nitrogen and oxygen atoms in total. The predicted octanol–water partition coefficient (Wildman–Crippen LogP) is 3.22. The van der Waals surface area contributed by atoms with Crippen LogP contribution in [0, 0.1) is 11.2 Å². The lowest BCUT2D eigenvalue weighted by atomic mass is 10.0. The maximum Gasteiger partial charge on any atom is 0.348 e. The Balaban J connectivity index is 1.87. The molecule has 220 valence electrons. The van der Waals surface area contributed by atoms with Crippen LogP contribution in [0.5, 0.6) is 11.5 Å². The summed E-state index contributed by atoms with van der Waals surface area (Å²) in [5.41, 5.74) is 5.78. The van der Waals surface area contributed by atoms with Crippen LogP contribution in [0.15, 0.2) is 65.5 Å². The van der Waals surface area contributed by atoms with Gasteiger partial charge in [0.1, 0.15) is 23.7 Å². The van der Waals surface area contributed by atoms with Crippen molar-refractivity contribution in [3.63, 3.8) is 0 Å². The Morgan fingerprint density at radius 3 is 2.52 bits per heavy atom. The highest BCUT2D eigenvalue weighted by Gasteiger charge is 2.28. The van der Waals surface area contributed by atoms with Crippen molar-refractivity contribution in [3.8, 4) is 17.2 Å². The van der Waals surface area contributed by atoms with Crippen LogP contribution in [-0.2, 0) is 0 Å². The largest absolute Gasteiger partial charge is 0.497 e. The molecule has 2 atom stereocenters. The van der Waals surface area contributed by atoms with Crippen LogP contribution in [0.1, 0.15) is 40.3 Å². The Morgan fingerprint density at radius 2 is 1.90 bits per heavy atom. The topological polar surface area (TPSA) is 172 Å². The van der Waals surface area contributed by atoms with E-state index in [1.54, 1.807) is 30.3 Å². The van der Waals surface area contributed by atoms with E-state index in [-0.39, 0.29) is 40.3 Å². The highest BCUT2D eigenvalue weighted by molar-refractivity contribution is 5.95. The number of carboxylic acids is 1. The maximum atomic E-state index is 16.2. The van der Waals surface area contributed by atoms with Crippen molar-refractivity contribution < 1.29 is 23.8 Å². The van der Waals surface area contributed by atoms with Crippen LogP contribution in [0.2, 0.25) is 0 Å². The number of aromatic carboxylic acids is 1. The van der Waals surface area contributed by atoms with Gasteiger partial charge >= 0.3 is 11.7 Å². The van der Waals surface area contributed by atoms with Gasteiger partial charge in [-0.2, -0.15) is 4.68 Å². The smallest absolute Gasteiger partial charge is 0.348 e. The fourth-order valence-corrected chi connectivity index (χ4v) is 4.45. The molecular weight excluding hydrogens is 545 g/mol. The fraction of sp³-hybridized carbons (Fsp3) is 0.241. The molecule has 0 fully saturated rings. The molecule has 42 heavy (non-hydrogen) atoms. The Morgan fingerprint density at radius 1 is 1.21 bits per heavy atom. The van der Waals surface area contributed by atoms with Gasteiger partial charge in [-0.15, -0.1) is 5.10 Å². The number of para-hydroxylation sites is 1. The zero-order valence-electron chi connectivity index (χ0n) is 23.5. The highest BCUT2D eigenvalue weighted by atomic mass is 19.1. The average Bonchev–Trinajstić information content (AvgIpc) is 3.33. The minimum Gasteiger partial charge on any atom is -0.497 e. The minimum atomic E-state index is -1.24. The van der Waals surface area contributed by atoms with Crippen molar-refractivity contribution in [1.82, 2.24) is 19.7 Å². The van der Waals surface area contributed by atoms with Crippen LogP contribution >= 0.6 is 0 Å². The summed E-state index contributed by atoms with van der Waals surface area (Å²) in [7, 11) is 5.19. The molecule has 4 rings (SSSR count). The minimum absolute atomic E-state index is 0.00437. The molecule has 0 aliphatic carbocycles. The quantitative estimate of drug-likeness (QED) is 0.125. The van der Waals surface area contributed by atoms with Gasteiger partial charge in [0.15, 0.2) is 17.4 Å². The third-order valence-corrected chi connectivity index (χ3v) is 6.32. The number of nitrogens with two attached hydrogens (primary N) is 1. The lowest BCUT2D eigenvalue weighted by Crippen LogP contribution is -2.28. The number of methoxy groups -OCH3 is 1. The zero-order chi connectivity index (χ0) is 30.6. The number of nitrogen functional groups attached to an aromatic ring is 1. The SMILES string of the molecule is COc1cc(OC(C)CN(C)C)c(F)c(C(Nc2ccc(C(=N)N)cc2)c2nn(-c3ccccc3C(=O)O)c(=O)[nH]2)c1. The third-order valence-electron chi connectivity index (χ3n) is 6.32. The highest BCUT2D eigenvalue weighted by Crippen LogP contribution is 2.35. The number of aromatic amines is 1. The molecule has 1 heterocycles. The molecule has 4 aromatic rings. The van der Waals surface area contributed by atoms with E-state index in [2.05, 4.69) is 15.4 Å². The second-order valence-corrected chi connectivity index (χ2v) is 9.84. The first-order valence-electron chi connectivity index (χ1n) is 12.9. The molecular formula is C29H32FN7O5. The van der Waals surface area contributed by atoms with Gasteiger partial charge in [0.2, 0.25) is 0 Å². The number of carbonyl (C=O) groups is 1. The molecule has 0 amide bonds. The summed E-state index contributed by atoms with van der Waals surface area (Å²) >= 11 is 0. The van der Waals surface area contributed by atoms with Crippen molar-refractivity contribution in [1.29, 1.82) is 5.41 Å². The molecule has 2 unspecified atom stereocenters. The number of likely N-dealkylation sites (N-methyl/N-ethyl adjacent to an activating group) is 1. The van der Waals surface area contributed by atoms with Crippen LogP contribution in [0.3, 0.4) is 0 Å². The summed E-state index contributed by atoms with van der Waals surface area (Å²) in [5, 5.41) is 24.9. The van der Waals surface area contributed by atoms with Crippen molar-refractivity contribution in [2.75, 3.05) is 33.1 Å². The molecule has 3 aromatic carbocycles. The number of H-pyrrole nitrogens is 1. The Labute approximate surface area is 241 Å². The lowest BCUT2D eigenvalue weighted by Gasteiger charge is -2.23. The van der Waals surface area contributed by atoms with Gasteiger partial charge < -0.3 is 30.5 Å². The van der Waals surface area contributed by atoms with Gasteiger partial charge in [0.05, 0.1) is 18.4 Å². The maximum absolute atomic E-state index is 16.2. The van der Waals surface area contributed by atoms with Crippen molar-refractivity contribution in [2.45, 2.75) is 19.1 Å². The van der Waals surface area contributed by atoms with Gasteiger partial charge in [-0.05, 0) is 63.5 Å². The molecule has 0 bridgehead atoms. The molecule has 0 aliphatic heterocycles.